The van der Waals surface area contributed by atoms with E-state index in [4.69, 9.17) is 10.5 Å². The minimum absolute atomic E-state index is 0.187. The maximum atomic E-state index is 11.1. The van der Waals surface area contributed by atoms with Crippen molar-refractivity contribution in [2.45, 2.75) is 24.6 Å². The van der Waals surface area contributed by atoms with Gasteiger partial charge in [0.05, 0.1) is 0 Å². The molecule has 0 saturated carbocycles. The van der Waals surface area contributed by atoms with Crippen molar-refractivity contribution in [3.63, 3.8) is 0 Å². The average molecular weight is 175 g/mol. The van der Waals surface area contributed by atoms with Gasteiger partial charge in [-0.15, -0.1) is 11.8 Å². The van der Waals surface area contributed by atoms with Gasteiger partial charge >= 0.3 is 5.97 Å². The summed E-state index contributed by atoms with van der Waals surface area (Å²) in [5.41, 5.74) is 5.66. The monoisotopic (exact) mass is 175 g/mol. The number of ether oxygens (including phenoxy) is 1. The van der Waals surface area contributed by atoms with E-state index >= 15 is 0 Å². The van der Waals surface area contributed by atoms with Crippen molar-refractivity contribution in [2.24, 2.45) is 5.73 Å². The number of rotatable bonds is 0. The predicted molar refractivity (Wildman–Crippen MR) is 45.5 cm³/mol. The molecule has 1 fully saturated rings. The van der Waals surface area contributed by atoms with Crippen molar-refractivity contribution in [3.05, 3.63) is 0 Å². The van der Waals surface area contributed by atoms with Gasteiger partial charge in [-0.25, -0.2) is 0 Å². The molecular formula is C7H13NO2S. The first-order valence-corrected chi connectivity index (χ1v) is 4.59. The molecule has 64 valence electrons. The molecule has 0 amide bonds. The third kappa shape index (κ3) is 1.87. The minimum Gasteiger partial charge on any atom is -0.464 e. The SMILES string of the molecule is CC1(C)SCCOC(=O)[C@@H]1N. The number of esters is 1. The van der Waals surface area contributed by atoms with Crippen LogP contribution in [0.15, 0.2) is 0 Å². The number of carbonyl (C=O) groups excluding carboxylic acids is 1. The molecule has 0 aromatic heterocycles. The summed E-state index contributed by atoms with van der Waals surface area (Å²) in [6.07, 6.45) is 0. The van der Waals surface area contributed by atoms with Gasteiger partial charge in [0, 0.05) is 10.5 Å². The van der Waals surface area contributed by atoms with Crippen LogP contribution < -0.4 is 5.73 Å². The zero-order valence-corrected chi connectivity index (χ0v) is 7.61. The molecule has 1 aliphatic rings. The average Bonchev–Trinajstić information content (AvgIpc) is 2.03. The summed E-state index contributed by atoms with van der Waals surface area (Å²) >= 11 is 1.68. The van der Waals surface area contributed by atoms with Gasteiger partial charge in [0.1, 0.15) is 12.6 Å². The first kappa shape index (κ1) is 8.87. The minimum atomic E-state index is -0.491. The summed E-state index contributed by atoms with van der Waals surface area (Å²) < 4.78 is 4.68. The van der Waals surface area contributed by atoms with E-state index in [2.05, 4.69) is 0 Å². The normalized spacial score (nSPS) is 30.8. The number of carbonyl (C=O) groups is 1. The summed E-state index contributed by atoms with van der Waals surface area (Å²) in [6, 6.07) is -0.491. The van der Waals surface area contributed by atoms with Crippen LogP contribution in [0.25, 0.3) is 0 Å². The molecule has 0 aromatic rings. The Morgan fingerprint density at radius 3 is 3.00 bits per heavy atom. The Kier molecular flexibility index (Phi) is 2.44. The maximum Gasteiger partial charge on any atom is 0.324 e. The van der Waals surface area contributed by atoms with E-state index < -0.39 is 6.04 Å². The first-order chi connectivity index (χ1) is 5.04. The van der Waals surface area contributed by atoms with Crippen LogP contribution in [-0.4, -0.2) is 29.1 Å². The number of nitrogens with two attached hydrogens (primary N) is 1. The van der Waals surface area contributed by atoms with E-state index in [0.29, 0.717) is 6.61 Å². The fourth-order valence-electron chi connectivity index (χ4n) is 0.910. The lowest BCUT2D eigenvalue weighted by atomic mass is 10.1. The fraction of sp³-hybridized carbons (Fsp3) is 0.857. The Balaban J connectivity index is 2.73. The Bertz CT molecular complexity index is 170. The zero-order valence-electron chi connectivity index (χ0n) is 6.79. The first-order valence-electron chi connectivity index (χ1n) is 3.60. The third-order valence-electron chi connectivity index (χ3n) is 1.80. The van der Waals surface area contributed by atoms with E-state index in [9.17, 15) is 4.79 Å². The highest BCUT2D eigenvalue weighted by atomic mass is 32.2. The second-order valence-electron chi connectivity index (χ2n) is 3.10. The Morgan fingerprint density at radius 1 is 1.73 bits per heavy atom. The highest BCUT2D eigenvalue weighted by Crippen LogP contribution is 2.29. The van der Waals surface area contributed by atoms with Crippen LogP contribution in [0, 0.1) is 0 Å². The smallest absolute Gasteiger partial charge is 0.324 e. The second kappa shape index (κ2) is 3.03. The molecule has 0 unspecified atom stereocenters. The largest absolute Gasteiger partial charge is 0.464 e. The summed E-state index contributed by atoms with van der Waals surface area (Å²) in [5, 5.41) is 0. The molecule has 1 saturated heterocycles. The lowest BCUT2D eigenvalue weighted by Crippen LogP contribution is -2.46. The number of cyclic esters (lactones) is 1. The molecule has 1 heterocycles. The van der Waals surface area contributed by atoms with E-state index in [-0.39, 0.29) is 10.7 Å². The van der Waals surface area contributed by atoms with Gasteiger partial charge in [-0.2, -0.15) is 0 Å². The van der Waals surface area contributed by atoms with Crippen LogP contribution in [0.5, 0.6) is 0 Å². The van der Waals surface area contributed by atoms with Crippen LogP contribution >= 0.6 is 11.8 Å². The van der Waals surface area contributed by atoms with Crippen LogP contribution in [0.1, 0.15) is 13.8 Å². The Morgan fingerprint density at radius 2 is 2.36 bits per heavy atom. The van der Waals surface area contributed by atoms with E-state index in [0.717, 1.165) is 5.75 Å². The molecule has 11 heavy (non-hydrogen) atoms. The molecule has 0 spiro atoms. The highest BCUT2D eigenvalue weighted by Gasteiger charge is 2.35. The topological polar surface area (TPSA) is 52.3 Å². The number of hydrogen-bond acceptors (Lipinski definition) is 4. The van der Waals surface area contributed by atoms with Gasteiger partial charge in [-0.3, -0.25) is 4.79 Å². The van der Waals surface area contributed by atoms with Crippen molar-refractivity contribution in [3.8, 4) is 0 Å². The standard InChI is InChI=1S/C7H13NO2S/c1-7(2)5(8)6(9)10-3-4-11-7/h5H,3-4,8H2,1-2H3/t5-/m0/s1. The highest BCUT2D eigenvalue weighted by molar-refractivity contribution is 8.00. The van der Waals surface area contributed by atoms with Crippen LogP contribution in [0.3, 0.4) is 0 Å². The molecule has 0 aliphatic carbocycles. The van der Waals surface area contributed by atoms with Crippen LogP contribution in [0.4, 0.5) is 0 Å². The van der Waals surface area contributed by atoms with Gasteiger partial charge in [0.15, 0.2) is 0 Å². The Labute approximate surface area is 70.7 Å². The molecule has 3 nitrogen and oxygen atoms in total. The van der Waals surface area contributed by atoms with Crippen molar-refractivity contribution >= 4 is 17.7 Å². The van der Waals surface area contributed by atoms with Gasteiger partial charge < -0.3 is 10.5 Å². The van der Waals surface area contributed by atoms with Crippen molar-refractivity contribution in [2.75, 3.05) is 12.4 Å². The number of hydrogen-bond donors (Lipinski definition) is 1. The third-order valence-corrected chi connectivity index (χ3v) is 3.17. The lowest BCUT2D eigenvalue weighted by Gasteiger charge is -2.25. The lowest BCUT2D eigenvalue weighted by molar-refractivity contribution is -0.144. The van der Waals surface area contributed by atoms with Crippen molar-refractivity contribution in [1.29, 1.82) is 0 Å². The molecule has 1 atom stereocenters. The van der Waals surface area contributed by atoms with Gasteiger partial charge in [-0.05, 0) is 13.8 Å². The summed E-state index contributed by atoms with van der Waals surface area (Å²) in [6.45, 7) is 4.42. The Hall–Kier alpha value is -0.220. The van der Waals surface area contributed by atoms with Crippen LogP contribution in [0.2, 0.25) is 0 Å². The second-order valence-corrected chi connectivity index (χ2v) is 4.85. The molecular weight excluding hydrogens is 162 g/mol. The molecule has 0 radical (unpaired) electrons. The quantitative estimate of drug-likeness (QED) is 0.541. The molecule has 1 rings (SSSR count). The summed E-state index contributed by atoms with van der Waals surface area (Å²) in [5.74, 6) is 0.562. The number of thioether (sulfide) groups is 1. The van der Waals surface area contributed by atoms with E-state index in [1.54, 1.807) is 11.8 Å². The molecule has 0 aromatic carbocycles. The molecule has 0 bridgehead atoms. The zero-order chi connectivity index (χ0) is 8.48. The molecule has 4 heteroatoms. The predicted octanol–water partition coefficient (Wildman–Crippen LogP) is 0.382. The maximum absolute atomic E-state index is 11.1. The van der Waals surface area contributed by atoms with E-state index in [1.807, 2.05) is 13.8 Å². The van der Waals surface area contributed by atoms with Gasteiger partial charge in [0.2, 0.25) is 0 Å². The summed E-state index contributed by atoms with van der Waals surface area (Å²) in [4.78, 5) is 11.1. The van der Waals surface area contributed by atoms with Gasteiger partial charge in [-0.1, -0.05) is 0 Å². The van der Waals surface area contributed by atoms with Gasteiger partial charge in [0.25, 0.3) is 0 Å². The molecule has 1 aliphatic heterocycles. The fourth-order valence-corrected chi connectivity index (χ4v) is 1.88. The summed E-state index contributed by atoms with van der Waals surface area (Å²) in [7, 11) is 0. The van der Waals surface area contributed by atoms with Crippen molar-refractivity contribution in [1.82, 2.24) is 0 Å². The van der Waals surface area contributed by atoms with Crippen LogP contribution in [-0.2, 0) is 9.53 Å². The van der Waals surface area contributed by atoms with E-state index in [1.165, 1.54) is 0 Å². The van der Waals surface area contributed by atoms with Crippen molar-refractivity contribution < 1.29 is 9.53 Å². The molecule has 2 N–H and O–H groups in total.